The summed E-state index contributed by atoms with van der Waals surface area (Å²) in [6.07, 6.45) is 5.80. The van der Waals surface area contributed by atoms with Crippen LogP contribution in [0.5, 0.6) is 0 Å². The van der Waals surface area contributed by atoms with Crippen molar-refractivity contribution in [3.63, 3.8) is 0 Å². The van der Waals surface area contributed by atoms with Crippen LogP contribution in [-0.2, 0) is 14.3 Å². The molecule has 2 aliphatic rings. The Hall–Kier alpha value is -2.18. The number of ether oxygens (including phenoxy) is 1. The summed E-state index contributed by atoms with van der Waals surface area (Å²) in [5.74, 6) is -0.0128. The van der Waals surface area contributed by atoms with Crippen molar-refractivity contribution in [2.45, 2.75) is 56.9 Å². The fourth-order valence-corrected chi connectivity index (χ4v) is 3.40. The maximum absolute atomic E-state index is 12.3. The number of carbonyl (C=O) groups is 2. The fourth-order valence-electron chi connectivity index (χ4n) is 3.40. The summed E-state index contributed by atoms with van der Waals surface area (Å²) in [5, 5.41) is 15.5. The van der Waals surface area contributed by atoms with E-state index in [1.165, 1.54) is 0 Å². The number of amides is 2. The van der Waals surface area contributed by atoms with Crippen molar-refractivity contribution >= 4 is 11.8 Å². The molecule has 0 saturated heterocycles. The van der Waals surface area contributed by atoms with E-state index >= 15 is 0 Å². The van der Waals surface area contributed by atoms with Crippen molar-refractivity contribution in [3.8, 4) is 0 Å². The van der Waals surface area contributed by atoms with Crippen molar-refractivity contribution < 1.29 is 19.4 Å². The fraction of sp³-hybridized carbons (Fsp3) is 0.524. The molecule has 1 aliphatic carbocycles. The number of hydrogen-bond acceptors (Lipinski definition) is 4. The number of aliphatic hydroxyl groups excluding tert-OH is 1. The molecular formula is C21H28N2O4. The maximum Gasteiger partial charge on any atom is 0.223 e. The second-order valence-corrected chi connectivity index (χ2v) is 7.35. The lowest BCUT2D eigenvalue weighted by Crippen LogP contribution is -2.51. The van der Waals surface area contributed by atoms with E-state index < -0.39 is 12.2 Å². The largest absolute Gasteiger partial charge is 0.394 e. The van der Waals surface area contributed by atoms with Gasteiger partial charge in [0, 0.05) is 5.92 Å². The van der Waals surface area contributed by atoms with E-state index in [1.807, 2.05) is 43.3 Å². The summed E-state index contributed by atoms with van der Waals surface area (Å²) in [4.78, 5) is 24.5. The van der Waals surface area contributed by atoms with E-state index in [1.54, 1.807) is 6.08 Å². The van der Waals surface area contributed by atoms with Crippen LogP contribution >= 0.6 is 0 Å². The van der Waals surface area contributed by atoms with E-state index in [-0.39, 0.29) is 42.8 Å². The molecule has 1 aromatic rings. The van der Waals surface area contributed by atoms with Crippen LogP contribution in [0, 0.1) is 5.92 Å². The lowest BCUT2D eigenvalue weighted by Gasteiger charge is -2.34. The van der Waals surface area contributed by atoms with Gasteiger partial charge in [-0.3, -0.25) is 9.59 Å². The average Bonchev–Trinajstić information content (AvgIpc) is 2.62. The zero-order valence-electron chi connectivity index (χ0n) is 15.6. The molecule has 1 aromatic carbocycles. The minimum Gasteiger partial charge on any atom is -0.394 e. The Bertz CT molecular complexity index is 672. The first-order valence-electron chi connectivity index (χ1n) is 9.66. The van der Waals surface area contributed by atoms with Crippen molar-refractivity contribution in [2.24, 2.45) is 5.92 Å². The number of rotatable bonds is 7. The minimum atomic E-state index is -0.539. The van der Waals surface area contributed by atoms with Crippen LogP contribution in [-0.4, -0.2) is 41.8 Å². The summed E-state index contributed by atoms with van der Waals surface area (Å²) in [5.41, 5.74) is 1.04. The molecule has 3 rings (SSSR count). The van der Waals surface area contributed by atoms with E-state index in [0.717, 1.165) is 24.8 Å². The molecule has 4 atom stereocenters. The Kier molecular flexibility index (Phi) is 6.63. The van der Waals surface area contributed by atoms with E-state index in [0.29, 0.717) is 0 Å². The summed E-state index contributed by atoms with van der Waals surface area (Å²) in [6.45, 7) is 1.73. The van der Waals surface area contributed by atoms with Gasteiger partial charge in [-0.1, -0.05) is 48.9 Å². The topological polar surface area (TPSA) is 87.7 Å². The third-order valence-corrected chi connectivity index (χ3v) is 5.31. The molecule has 1 aliphatic heterocycles. The van der Waals surface area contributed by atoms with Gasteiger partial charge in [0.15, 0.2) is 0 Å². The molecule has 0 bridgehead atoms. The van der Waals surface area contributed by atoms with Gasteiger partial charge in [0.2, 0.25) is 11.8 Å². The first-order valence-corrected chi connectivity index (χ1v) is 9.66. The van der Waals surface area contributed by atoms with E-state index in [2.05, 4.69) is 10.6 Å². The highest BCUT2D eigenvalue weighted by Crippen LogP contribution is 2.27. The molecule has 0 radical (unpaired) electrons. The smallest absolute Gasteiger partial charge is 0.223 e. The first kappa shape index (κ1) is 19.6. The highest BCUT2D eigenvalue weighted by molar-refractivity contribution is 5.80. The van der Waals surface area contributed by atoms with Gasteiger partial charge in [-0.2, -0.15) is 0 Å². The summed E-state index contributed by atoms with van der Waals surface area (Å²) >= 11 is 0. The lowest BCUT2D eigenvalue weighted by atomic mass is 9.84. The molecule has 6 nitrogen and oxygen atoms in total. The highest BCUT2D eigenvalue weighted by Gasteiger charge is 2.32. The predicted octanol–water partition coefficient (Wildman–Crippen LogP) is 1.85. The normalized spacial score (nSPS) is 26.1. The minimum absolute atomic E-state index is 0.0193. The van der Waals surface area contributed by atoms with Crippen LogP contribution in [0.15, 0.2) is 42.5 Å². The van der Waals surface area contributed by atoms with Crippen LogP contribution in [0.2, 0.25) is 0 Å². The second kappa shape index (κ2) is 9.15. The van der Waals surface area contributed by atoms with Gasteiger partial charge in [-0.15, -0.1) is 0 Å². The molecule has 1 saturated carbocycles. The van der Waals surface area contributed by atoms with Crippen LogP contribution in [0.4, 0.5) is 0 Å². The molecule has 3 N–H and O–H groups in total. The zero-order chi connectivity index (χ0) is 19.2. The molecule has 1 fully saturated rings. The van der Waals surface area contributed by atoms with Gasteiger partial charge in [-0.25, -0.2) is 0 Å². The van der Waals surface area contributed by atoms with Gasteiger partial charge < -0.3 is 20.5 Å². The van der Waals surface area contributed by atoms with Crippen molar-refractivity contribution in [2.75, 3.05) is 6.61 Å². The van der Waals surface area contributed by atoms with Crippen LogP contribution in [0.1, 0.15) is 44.2 Å². The molecule has 0 unspecified atom stereocenters. The van der Waals surface area contributed by atoms with E-state index in [4.69, 9.17) is 4.74 Å². The third-order valence-electron chi connectivity index (χ3n) is 5.31. The number of hydrogen-bond donors (Lipinski definition) is 3. The van der Waals surface area contributed by atoms with Gasteiger partial charge in [-0.05, 0) is 25.3 Å². The summed E-state index contributed by atoms with van der Waals surface area (Å²) < 4.78 is 5.83. The lowest BCUT2D eigenvalue weighted by molar-refractivity contribution is -0.132. The molecular weight excluding hydrogens is 344 g/mol. The highest BCUT2D eigenvalue weighted by atomic mass is 16.5. The Labute approximate surface area is 160 Å². The number of benzene rings is 1. The maximum atomic E-state index is 12.3. The summed E-state index contributed by atoms with van der Waals surface area (Å²) in [7, 11) is 0. The van der Waals surface area contributed by atoms with Crippen molar-refractivity contribution in [1.82, 2.24) is 10.6 Å². The van der Waals surface area contributed by atoms with Crippen LogP contribution < -0.4 is 10.6 Å². The standard InChI is InChI=1S/C21H28N2O4/c1-14(15-6-3-2-4-7-15)22-20(25)12-17-10-11-18(19(13-24)27-17)23-21(26)16-8-5-9-16/h2-4,6-7,10-11,14,16-19,24H,5,8-9,12-13H2,1H3,(H,22,25)(H,23,26)/t14-,17+,18-,19+/m0/s1. The van der Waals surface area contributed by atoms with Gasteiger partial charge in [0.25, 0.3) is 0 Å². The van der Waals surface area contributed by atoms with Crippen LogP contribution in [0.3, 0.4) is 0 Å². The molecule has 0 spiro atoms. The van der Waals surface area contributed by atoms with E-state index in [9.17, 15) is 14.7 Å². The average molecular weight is 372 g/mol. The van der Waals surface area contributed by atoms with Crippen LogP contribution in [0.25, 0.3) is 0 Å². The number of carbonyl (C=O) groups excluding carboxylic acids is 2. The second-order valence-electron chi connectivity index (χ2n) is 7.35. The number of aliphatic hydroxyl groups is 1. The third kappa shape index (κ3) is 5.17. The molecule has 6 heteroatoms. The van der Waals surface area contributed by atoms with Gasteiger partial charge in [0.1, 0.15) is 6.10 Å². The Morgan fingerprint density at radius 3 is 2.59 bits per heavy atom. The van der Waals surface area contributed by atoms with Crippen molar-refractivity contribution in [3.05, 3.63) is 48.0 Å². The van der Waals surface area contributed by atoms with Gasteiger partial charge in [0.05, 0.1) is 31.2 Å². The quantitative estimate of drug-likeness (QED) is 0.638. The van der Waals surface area contributed by atoms with Crippen molar-refractivity contribution in [1.29, 1.82) is 0 Å². The molecule has 1 heterocycles. The molecule has 146 valence electrons. The molecule has 2 amide bonds. The summed E-state index contributed by atoms with van der Waals surface area (Å²) in [6, 6.07) is 9.32. The predicted molar refractivity (Wildman–Crippen MR) is 102 cm³/mol. The molecule has 0 aromatic heterocycles. The Morgan fingerprint density at radius 2 is 1.96 bits per heavy atom. The first-order chi connectivity index (χ1) is 13.1. The van der Waals surface area contributed by atoms with Gasteiger partial charge >= 0.3 is 0 Å². The number of nitrogens with one attached hydrogen (secondary N) is 2. The molecule has 27 heavy (non-hydrogen) atoms. The monoisotopic (exact) mass is 372 g/mol. The Morgan fingerprint density at radius 1 is 1.22 bits per heavy atom. The SMILES string of the molecule is C[C@H](NC(=O)C[C@H]1C=C[C@H](NC(=O)C2CCC2)[C@@H](CO)O1)c1ccccc1. The zero-order valence-corrected chi connectivity index (χ0v) is 15.6. The Balaban J connectivity index is 1.51.